The summed E-state index contributed by atoms with van der Waals surface area (Å²) in [5.41, 5.74) is 0.809. The molecule has 1 aliphatic heterocycles. The van der Waals surface area contributed by atoms with E-state index < -0.39 is 0 Å². The molecular weight excluding hydrogens is 258 g/mol. The van der Waals surface area contributed by atoms with Crippen molar-refractivity contribution in [1.82, 2.24) is 14.4 Å². The van der Waals surface area contributed by atoms with Crippen LogP contribution in [0.2, 0.25) is 0 Å². The molecule has 0 amide bonds. The summed E-state index contributed by atoms with van der Waals surface area (Å²) in [6.07, 6.45) is 5.65. The molecule has 1 unspecified atom stereocenters. The molecule has 2 N–H and O–H groups in total. The van der Waals surface area contributed by atoms with Crippen molar-refractivity contribution in [2.75, 3.05) is 43.5 Å². The molecule has 2 aromatic heterocycles. The molecule has 0 aromatic carbocycles. The summed E-state index contributed by atoms with van der Waals surface area (Å²) in [5, 5.41) is 6.51. The van der Waals surface area contributed by atoms with Crippen molar-refractivity contribution in [3.05, 3.63) is 18.6 Å². The summed E-state index contributed by atoms with van der Waals surface area (Å²) in [4.78, 5) is 8.87. The van der Waals surface area contributed by atoms with E-state index in [1.807, 2.05) is 23.7 Å². The molecule has 0 radical (unpaired) electrons. The lowest BCUT2D eigenvalue weighted by Crippen LogP contribution is -2.34. The zero-order chi connectivity index (χ0) is 13.8. The van der Waals surface area contributed by atoms with E-state index in [1.54, 1.807) is 6.20 Å². The molecule has 108 valence electrons. The molecule has 1 fully saturated rings. The summed E-state index contributed by atoms with van der Waals surface area (Å²) < 4.78 is 12.9. The molecule has 7 heteroatoms. The molecule has 7 nitrogen and oxygen atoms in total. The minimum Gasteiger partial charge on any atom is -0.376 e. The number of fused-ring (bicyclic) bond motifs is 1. The van der Waals surface area contributed by atoms with Gasteiger partial charge in [0.25, 0.3) is 0 Å². The van der Waals surface area contributed by atoms with Crippen LogP contribution >= 0.6 is 0 Å². The fraction of sp³-hybridized carbons (Fsp3) is 0.538. The normalized spacial score (nSPS) is 19.1. The maximum Gasteiger partial charge on any atom is 0.180 e. The number of rotatable bonds is 5. The lowest BCUT2D eigenvalue weighted by molar-refractivity contribution is -0.0819. The third-order valence-electron chi connectivity index (χ3n) is 3.11. The molecule has 0 aliphatic carbocycles. The quantitative estimate of drug-likeness (QED) is 0.849. The van der Waals surface area contributed by atoms with Crippen molar-refractivity contribution in [1.29, 1.82) is 0 Å². The second-order valence-electron chi connectivity index (χ2n) is 4.61. The van der Waals surface area contributed by atoms with Crippen LogP contribution in [0.4, 0.5) is 11.6 Å². The number of anilines is 2. The molecule has 3 rings (SSSR count). The number of hydrogen-bond donors (Lipinski definition) is 2. The van der Waals surface area contributed by atoms with Crippen molar-refractivity contribution in [3.63, 3.8) is 0 Å². The van der Waals surface area contributed by atoms with Gasteiger partial charge in [-0.15, -0.1) is 0 Å². The van der Waals surface area contributed by atoms with Gasteiger partial charge in [-0.1, -0.05) is 0 Å². The van der Waals surface area contributed by atoms with E-state index in [1.165, 1.54) is 0 Å². The standard InChI is InChI=1S/C13H19N5O2/c1-2-14-11-8-18-4-3-15-13(18)12(17-11)16-7-10-9-19-5-6-20-10/h3-4,8,10,14H,2,5-7,9H2,1H3,(H,16,17). The Hall–Kier alpha value is -1.86. The first-order valence-electron chi connectivity index (χ1n) is 6.87. The molecule has 3 heterocycles. The maximum atomic E-state index is 5.61. The first-order chi connectivity index (χ1) is 9.86. The largest absolute Gasteiger partial charge is 0.376 e. The Morgan fingerprint density at radius 2 is 2.35 bits per heavy atom. The zero-order valence-corrected chi connectivity index (χ0v) is 11.5. The van der Waals surface area contributed by atoms with Crippen LogP contribution in [-0.4, -0.2) is 53.4 Å². The van der Waals surface area contributed by atoms with E-state index in [9.17, 15) is 0 Å². The van der Waals surface area contributed by atoms with E-state index in [2.05, 4.69) is 20.6 Å². The highest BCUT2D eigenvalue weighted by atomic mass is 16.6. The van der Waals surface area contributed by atoms with Gasteiger partial charge in [0.2, 0.25) is 0 Å². The van der Waals surface area contributed by atoms with Gasteiger partial charge in [0.05, 0.1) is 32.1 Å². The first kappa shape index (κ1) is 13.1. The molecule has 0 spiro atoms. The average Bonchev–Trinajstić information content (AvgIpc) is 2.95. The number of nitrogens with one attached hydrogen (secondary N) is 2. The van der Waals surface area contributed by atoms with Gasteiger partial charge in [0.1, 0.15) is 5.82 Å². The molecule has 1 aliphatic rings. The fourth-order valence-corrected chi connectivity index (χ4v) is 2.18. The van der Waals surface area contributed by atoms with Gasteiger partial charge in [0.15, 0.2) is 11.5 Å². The van der Waals surface area contributed by atoms with Crippen molar-refractivity contribution in [2.45, 2.75) is 13.0 Å². The third-order valence-corrected chi connectivity index (χ3v) is 3.11. The van der Waals surface area contributed by atoms with Gasteiger partial charge >= 0.3 is 0 Å². The Labute approximate surface area is 117 Å². The van der Waals surface area contributed by atoms with Crippen molar-refractivity contribution in [3.8, 4) is 0 Å². The highest BCUT2D eigenvalue weighted by molar-refractivity contribution is 5.65. The van der Waals surface area contributed by atoms with Crippen LogP contribution in [0.15, 0.2) is 18.6 Å². The van der Waals surface area contributed by atoms with E-state index in [0.29, 0.717) is 26.4 Å². The molecule has 0 bridgehead atoms. The highest BCUT2D eigenvalue weighted by Crippen LogP contribution is 2.16. The second kappa shape index (κ2) is 6.06. The molecule has 0 saturated carbocycles. The van der Waals surface area contributed by atoms with Gasteiger partial charge in [-0.3, -0.25) is 0 Å². The van der Waals surface area contributed by atoms with Crippen LogP contribution in [0.25, 0.3) is 5.65 Å². The monoisotopic (exact) mass is 277 g/mol. The summed E-state index contributed by atoms with van der Waals surface area (Å²) in [6.45, 7) is 5.47. The van der Waals surface area contributed by atoms with Crippen LogP contribution in [0.1, 0.15) is 6.92 Å². The first-order valence-corrected chi connectivity index (χ1v) is 6.87. The molecular formula is C13H19N5O2. The summed E-state index contributed by atoms with van der Waals surface area (Å²) in [7, 11) is 0. The Morgan fingerprint density at radius 3 is 3.15 bits per heavy atom. The van der Waals surface area contributed by atoms with Gasteiger partial charge in [-0.2, -0.15) is 0 Å². The topological polar surface area (TPSA) is 72.7 Å². The highest BCUT2D eigenvalue weighted by Gasteiger charge is 2.15. The Kier molecular flexibility index (Phi) is 3.98. The summed E-state index contributed by atoms with van der Waals surface area (Å²) in [5.74, 6) is 1.57. The Balaban J connectivity index is 1.76. The SMILES string of the molecule is CCNc1cn2ccnc2c(NCC2COCCO2)n1. The Morgan fingerprint density at radius 1 is 1.40 bits per heavy atom. The molecule has 1 atom stereocenters. The van der Waals surface area contributed by atoms with Gasteiger partial charge in [0, 0.05) is 25.5 Å². The van der Waals surface area contributed by atoms with Gasteiger partial charge in [-0.05, 0) is 6.92 Å². The smallest absolute Gasteiger partial charge is 0.180 e. The van der Waals surface area contributed by atoms with Crippen molar-refractivity contribution < 1.29 is 9.47 Å². The predicted octanol–water partition coefficient (Wildman–Crippen LogP) is 0.988. The van der Waals surface area contributed by atoms with E-state index in [-0.39, 0.29) is 6.10 Å². The van der Waals surface area contributed by atoms with Crippen LogP contribution < -0.4 is 10.6 Å². The Bertz CT molecular complexity index is 565. The van der Waals surface area contributed by atoms with E-state index in [0.717, 1.165) is 23.8 Å². The molecule has 2 aromatic rings. The average molecular weight is 277 g/mol. The van der Waals surface area contributed by atoms with Gasteiger partial charge < -0.3 is 24.5 Å². The predicted molar refractivity (Wildman–Crippen MR) is 76.2 cm³/mol. The minimum absolute atomic E-state index is 0.0587. The molecule has 20 heavy (non-hydrogen) atoms. The zero-order valence-electron chi connectivity index (χ0n) is 11.5. The summed E-state index contributed by atoms with van der Waals surface area (Å²) in [6, 6.07) is 0. The minimum atomic E-state index is 0.0587. The number of hydrogen-bond acceptors (Lipinski definition) is 6. The third kappa shape index (κ3) is 2.83. The lowest BCUT2D eigenvalue weighted by atomic mass is 10.3. The number of imidazole rings is 1. The number of nitrogens with zero attached hydrogens (tertiary/aromatic N) is 3. The number of ether oxygens (including phenoxy) is 2. The van der Waals surface area contributed by atoms with E-state index >= 15 is 0 Å². The van der Waals surface area contributed by atoms with Crippen LogP contribution in [0, 0.1) is 0 Å². The summed E-state index contributed by atoms with van der Waals surface area (Å²) >= 11 is 0. The van der Waals surface area contributed by atoms with Gasteiger partial charge in [-0.25, -0.2) is 9.97 Å². The van der Waals surface area contributed by atoms with Crippen molar-refractivity contribution >= 4 is 17.3 Å². The van der Waals surface area contributed by atoms with Crippen molar-refractivity contribution in [2.24, 2.45) is 0 Å². The van der Waals surface area contributed by atoms with Crippen LogP contribution in [-0.2, 0) is 9.47 Å². The van der Waals surface area contributed by atoms with E-state index in [4.69, 9.17) is 9.47 Å². The lowest BCUT2D eigenvalue weighted by Gasteiger charge is -2.23. The molecule has 1 saturated heterocycles. The van der Waals surface area contributed by atoms with Crippen LogP contribution in [0.3, 0.4) is 0 Å². The van der Waals surface area contributed by atoms with Crippen LogP contribution in [0.5, 0.6) is 0 Å². The maximum absolute atomic E-state index is 5.61. The number of aromatic nitrogens is 3. The fourth-order valence-electron chi connectivity index (χ4n) is 2.18. The second-order valence-corrected chi connectivity index (χ2v) is 4.61.